The largest absolute Gasteiger partial charge is 0.366 e. The van der Waals surface area contributed by atoms with E-state index in [1.54, 1.807) is 23.1 Å². The molecule has 0 spiro atoms. The number of rotatable bonds is 4. The molecular weight excluding hydrogens is 380 g/mol. The van der Waals surface area contributed by atoms with Crippen LogP contribution in [0.5, 0.6) is 0 Å². The summed E-state index contributed by atoms with van der Waals surface area (Å²) in [6.07, 6.45) is 12.8. The molecule has 0 aliphatic heterocycles. The van der Waals surface area contributed by atoms with E-state index in [2.05, 4.69) is 61.7 Å². The Hall–Kier alpha value is -2.54. The summed E-state index contributed by atoms with van der Waals surface area (Å²) in [5, 5.41) is 15.6. The van der Waals surface area contributed by atoms with Crippen LogP contribution in [0.1, 0.15) is 24.6 Å². The molecule has 0 aromatic carbocycles. The van der Waals surface area contributed by atoms with E-state index in [-0.39, 0.29) is 0 Å². The number of anilines is 1. The number of halogens is 1. The summed E-state index contributed by atoms with van der Waals surface area (Å²) in [4.78, 5) is 4.77. The summed E-state index contributed by atoms with van der Waals surface area (Å²) in [6.45, 7) is 2.85. The smallest absolute Gasteiger partial charge is 0.172 e. The molecule has 0 amide bonds. The van der Waals surface area contributed by atoms with Crippen molar-refractivity contribution in [3.05, 3.63) is 64.7 Å². The van der Waals surface area contributed by atoms with Crippen molar-refractivity contribution >= 4 is 33.0 Å². The highest BCUT2D eigenvalue weighted by atomic mass is 79.9. The van der Waals surface area contributed by atoms with Gasteiger partial charge in [-0.3, -0.25) is 0 Å². The van der Waals surface area contributed by atoms with Gasteiger partial charge in [0.1, 0.15) is 5.82 Å². The van der Waals surface area contributed by atoms with Gasteiger partial charge in [0.25, 0.3) is 0 Å². The molecule has 25 heavy (non-hydrogen) atoms. The lowest BCUT2D eigenvalue weighted by atomic mass is 9.97. The van der Waals surface area contributed by atoms with Crippen LogP contribution in [0, 0.1) is 5.92 Å². The minimum atomic E-state index is 0.575. The Morgan fingerprint density at radius 2 is 2.24 bits per heavy atom. The van der Waals surface area contributed by atoms with Gasteiger partial charge < -0.3 is 5.32 Å². The highest BCUT2D eigenvalue weighted by Crippen LogP contribution is 2.27. The van der Waals surface area contributed by atoms with Crippen molar-refractivity contribution < 1.29 is 0 Å². The molecule has 1 aliphatic rings. The molecule has 0 bridgehead atoms. The number of aromatic nitrogens is 5. The van der Waals surface area contributed by atoms with Crippen LogP contribution in [0.3, 0.4) is 0 Å². The number of nitrogens with zero attached hydrogens (tertiary/aromatic N) is 5. The third kappa shape index (κ3) is 3.32. The monoisotopic (exact) mass is 396 g/mol. The third-order valence-corrected chi connectivity index (χ3v) is 4.72. The molecule has 0 saturated heterocycles. The molecular formula is C18H17BrN6. The first-order valence-electron chi connectivity index (χ1n) is 8.13. The fourth-order valence-corrected chi connectivity index (χ4v) is 3.09. The Kier molecular flexibility index (Phi) is 4.31. The minimum absolute atomic E-state index is 0.575. The van der Waals surface area contributed by atoms with Gasteiger partial charge in [-0.05, 0) is 45.5 Å². The lowest BCUT2D eigenvalue weighted by Gasteiger charge is -2.14. The van der Waals surface area contributed by atoms with Crippen LogP contribution in [-0.4, -0.2) is 24.8 Å². The summed E-state index contributed by atoms with van der Waals surface area (Å²) < 4.78 is 2.68. The first kappa shape index (κ1) is 16.0. The summed E-state index contributed by atoms with van der Waals surface area (Å²) in [5.41, 5.74) is 3.92. The van der Waals surface area contributed by atoms with E-state index in [4.69, 9.17) is 4.98 Å². The van der Waals surface area contributed by atoms with E-state index >= 15 is 0 Å². The average molecular weight is 397 g/mol. The molecule has 3 heterocycles. The fourth-order valence-electron chi connectivity index (χ4n) is 2.74. The molecule has 0 saturated carbocycles. The maximum Gasteiger partial charge on any atom is 0.172 e. The topological polar surface area (TPSA) is 68.0 Å². The van der Waals surface area contributed by atoms with Crippen molar-refractivity contribution in [3.8, 4) is 0 Å². The number of hydrogen-bond acceptors (Lipinski definition) is 5. The van der Waals surface area contributed by atoms with Crippen molar-refractivity contribution in [3.63, 3.8) is 0 Å². The standard InChI is InChI=1S/C18H17BrN6/c1-12-2-4-14(5-3-12)16-8-17(20-9-13-6-7-21-22-10-13)25-18(24-16)15(19)11-23-25/h2,4-8,10-12,20H,3,9H2,1H3. The first-order chi connectivity index (χ1) is 12.2. The van der Waals surface area contributed by atoms with Gasteiger partial charge in [0.2, 0.25) is 0 Å². The summed E-state index contributed by atoms with van der Waals surface area (Å²) in [6, 6.07) is 3.97. The van der Waals surface area contributed by atoms with Crippen LogP contribution in [0.2, 0.25) is 0 Å². The lowest BCUT2D eigenvalue weighted by Crippen LogP contribution is -2.08. The zero-order valence-corrected chi connectivity index (χ0v) is 15.3. The van der Waals surface area contributed by atoms with Crippen LogP contribution in [-0.2, 0) is 6.54 Å². The van der Waals surface area contributed by atoms with E-state index < -0.39 is 0 Å². The summed E-state index contributed by atoms with van der Waals surface area (Å²) >= 11 is 3.54. The Morgan fingerprint density at radius 1 is 1.32 bits per heavy atom. The molecule has 0 radical (unpaired) electrons. The molecule has 1 unspecified atom stereocenters. The van der Waals surface area contributed by atoms with Gasteiger partial charge in [0, 0.05) is 18.8 Å². The number of allylic oxidation sites excluding steroid dienone is 4. The normalized spacial score (nSPS) is 16.9. The Bertz CT molecular complexity index is 960. The quantitative estimate of drug-likeness (QED) is 0.724. The molecule has 1 aliphatic carbocycles. The Morgan fingerprint density at radius 3 is 3.00 bits per heavy atom. The second kappa shape index (κ2) is 6.76. The van der Waals surface area contributed by atoms with Crippen LogP contribution in [0.4, 0.5) is 5.82 Å². The highest BCUT2D eigenvalue weighted by molar-refractivity contribution is 9.10. The predicted molar refractivity (Wildman–Crippen MR) is 101 cm³/mol. The Balaban J connectivity index is 1.71. The molecule has 4 rings (SSSR count). The van der Waals surface area contributed by atoms with E-state index in [9.17, 15) is 0 Å². The second-order valence-electron chi connectivity index (χ2n) is 6.09. The van der Waals surface area contributed by atoms with Gasteiger partial charge >= 0.3 is 0 Å². The molecule has 6 nitrogen and oxygen atoms in total. The average Bonchev–Trinajstić information content (AvgIpc) is 3.02. The van der Waals surface area contributed by atoms with Crippen LogP contribution in [0.15, 0.2) is 53.4 Å². The fraction of sp³-hybridized carbons (Fsp3) is 0.222. The van der Waals surface area contributed by atoms with Crippen LogP contribution < -0.4 is 5.32 Å². The maximum atomic E-state index is 4.77. The molecule has 3 aromatic heterocycles. The van der Waals surface area contributed by atoms with Gasteiger partial charge in [-0.15, -0.1) is 0 Å². The predicted octanol–water partition coefficient (Wildman–Crippen LogP) is 3.87. The van der Waals surface area contributed by atoms with Gasteiger partial charge in [0.05, 0.1) is 22.6 Å². The summed E-state index contributed by atoms with van der Waals surface area (Å²) in [7, 11) is 0. The van der Waals surface area contributed by atoms with E-state index in [1.165, 1.54) is 0 Å². The zero-order chi connectivity index (χ0) is 17.2. The van der Waals surface area contributed by atoms with Gasteiger partial charge in [-0.1, -0.05) is 25.2 Å². The number of nitrogens with one attached hydrogen (secondary N) is 1. The summed E-state index contributed by atoms with van der Waals surface area (Å²) in [5.74, 6) is 1.46. The van der Waals surface area contributed by atoms with Crippen molar-refractivity contribution in [1.29, 1.82) is 0 Å². The van der Waals surface area contributed by atoms with E-state index in [0.29, 0.717) is 12.5 Å². The van der Waals surface area contributed by atoms with Crippen molar-refractivity contribution in [1.82, 2.24) is 24.8 Å². The molecule has 7 heteroatoms. The molecule has 1 N–H and O–H groups in total. The second-order valence-corrected chi connectivity index (χ2v) is 6.94. The molecule has 0 fully saturated rings. The number of fused-ring (bicyclic) bond motifs is 1. The van der Waals surface area contributed by atoms with Gasteiger partial charge in [-0.25, -0.2) is 4.98 Å². The third-order valence-electron chi connectivity index (χ3n) is 4.16. The minimum Gasteiger partial charge on any atom is -0.366 e. The molecule has 3 aromatic rings. The first-order valence-corrected chi connectivity index (χ1v) is 8.92. The lowest BCUT2D eigenvalue weighted by molar-refractivity contribution is 0.738. The molecule has 126 valence electrons. The Labute approximate surface area is 153 Å². The van der Waals surface area contributed by atoms with E-state index in [0.717, 1.165) is 39.2 Å². The van der Waals surface area contributed by atoms with Crippen LogP contribution >= 0.6 is 15.9 Å². The van der Waals surface area contributed by atoms with E-state index in [1.807, 2.05) is 12.1 Å². The SMILES string of the molecule is CC1C=CC(c2cc(NCc3ccnnc3)n3ncc(Br)c3n2)=CC1. The zero-order valence-electron chi connectivity index (χ0n) is 13.7. The number of hydrogen-bond donors (Lipinski definition) is 1. The van der Waals surface area contributed by atoms with Crippen molar-refractivity contribution in [2.24, 2.45) is 5.92 Å². The maximum absolute atomic E-state index is 4.77. The highest BCUT2D eigenvalue weighted by Gasteiger charge is 2.13. The van der Waals surface area contributed by atoms with Crippen molar-refractivity contribution in [2.45, 2.75) is 19.9 Å². The van der Waals surface area contributed by atoms with Crippen molar-refractivity contribution in [2.75, 3.05) is 5.32 Å². The van der Waals surface area contributed by atoms with Gasteiger partial charge in [-0.2, -0.15) is 19.8 Å². The van der Waals surface area contributed by atoms with Crippen LogP contribution in [0.25, 0.3) is 11.2 Å². The molecule has 1 atom stereocenters. The van der Waals surface area contributed by atoms with Gasteiger partial charge in [0.15, 0.2) is 5.65 Å².